The van der Waals surface area contributed by atoms with Crippen molar-refractivity contribution in [2.45, 2.75) is 17.2 Å². The molecule has 0 atom stereocenters. The SMILES string of the molecule is Cc1ccc2nc(Sc3ccc(/C=C4\C(=O)NC(=O)N(c5ccc(Br)cc5)C4=O)o3)[nH]c2c1. The minimum atomic E-state index is -0.805. The second-order valence-electron chi connectivity index (χ2n) is 7.26. The van der Waals surface area contributed by atoms with Gasteiger partial charge in [0.05, 0.1) is 16.7 Å². The second-order valence-corrected chi connectivity index (χ2v) is 9.16. The van der Waals surface area contributed by atoms with Gasteiger partial charge in [0.2, 0.25) is 0 Å². The lowest BCUT2D eigenvalue weighted by molar-refractivity contribution is -0.122. The minimum absolute atomic E-state index is 0.206. The second kappa shape index (κ2) is 8.38. The van der Waals surface area contributed by atoms with Crippen LogP contribution in [0.25, 0.3) is 17.1 Å². The molecule has 0 radical (unpaired) electrons. The summed E-state index contributed by atoms with van der Waals surface area (Å²) in [7, 11) is 0. The Morgan fingerprint density at radius 2 is 1.85 bits per heavy atom. The molecule has 0 aliphatic carbocycles. The third-order valence-electron chi connectivity index (χ3n) is 4.89. The van der Waals surface area contributed by atoms with Crippen molar-refractivity contribution in [2.75, 3.05) is 4.90 Å². The van der Waals surface area contributed by atoms with Crippen molar-refractivity contribution in [3.8, 4) is 0 Å². The van der Waals surface area contributed by atoms with Crippen LogP contribution in [0, 0.1) is 6.92 Å². The van der Waals surface area contributed by atoms with Gasteiger partial charge in [-0.3, -0.25) is 14.9 Å². The smallest absolute Gasteiger partial charge is 0.335 e. The Labute approximate surface area is 200 Å². The number of benzene rings is 2. The molecule has 2 aromatic heterocycles. The normalized spacial score (nSPS) is 15.5. The molecule has 10 heteroatoms. The molecule has 4 aromatic rings. The molecule has 1 aliphatic rings. The number of aryl methyl sites for hydroxylation is 1. The molecule has 4 amide bonds. The number of aromatic amines is 1. The van der Waals surface area contributed by atoms with E-state index in [4.69, 9.17) is 4.42 Å². The van der Waals surface area contributed by atoms with Gasteiger partial charge in [-0.2, -0.15) is 0 Å². The molecule has 0 saturated carbocycles. The number of anilines is 1. The van der Waals surface area contributed by atoms with Crippen LogP contribution in [0.3, 0.4) is 0 Å². The number of imide groups is 2. The number of halogens is 1. The summed E-state index contributed by atoms with van der Waals surface area (Å²) >= 11 is 4.60. The molecule has 0 unspecified atom stereocenters. The van der Waals surface area contributed by atoms with Gasteiger partial charge in [-0.05, 0) is 78.9 Å². The molecule has 1 fully saturated rings. The number of H-pyrrole nitrogens is 1. The summed E-state index contributed by atoms with van der Waals surface area (Å²) in [6.45, 7) is 2.01. The predicted molar refractivity (Wildman–Crippen MR) is 127 cm³/mol. The highest BCUT2D eigenvalue weighted by Gasteiger charge is 2.37. The molecule has 1 saturated heterocycles. The molecular weight excluding hydrogens is 508 g/mol. The largest absolute Gasteiger partial charge is 0.450 e. The Morgan fingerprint density at radius 1 is 1.06 bits per heavy atom. The third-order valence-corrected chi connectivity index (χ3v) is 6.22. The Morgan fingerprint density at radius 3 is 2.64 bits per heavy atom. The number of rotatable bonds is 4. The van der Waals surface area contributed by atoms with E-state index >= 15 is 0 Å². The Kier molecular flexibility index (Phi) is 5.39. The van der Waals surface area contributed by atoms with E-state index in [9.17, 15) is 14.4 Å². The van der Waals surface area contributed by atoms with E-state index in [0.717, 1.165) is 26.0 Å². The third kappa shape index (κ3) is 4.22. The molecule has 0 spiro atoms. The Bertz CT molecular complexity index is 1450. The van der Waals surface area contributed by atoms with Crippen molar-refractivity contribution in [2.24, 2.45) is 0 Å². The highest BCUT2D eigenvalue weighted by atomic mass is 79.9. The number of fused-ring (bicyclic) bond motifs is 1. The molecule has 1 aliphatic heterocycles. The van der Waals surface area contributed by atoms with Crippen molar-refractivity contribution < 1.29 is 18.8 Å². The van der Waals surface area contributed by atoms with Gasteiger partial charge in [-0.1, -0.05) is 22.0 Å². The first kappa shape index (κ1) is 21.2. The quantitative estimate of drug-likeness (QED) is 0.287. The topological polar surface area (TPSA) is 108 Å². The van der Waals surface area contributed by atoms with Crippen molar-refractivity contribution in [3.05, 3.63) is 76.0 Å². The number of carbonyl (C=O) groups is 3. The number of hydrogen-bond acceptors (Lipinski definition) is 6. The van der Waals surface area contributed by atoms with Gasteiger partial charge < -0.3 is 9.40 Å². The van der Waals surface area contributed by atoms with Crippen LogP contribution in [-0.4, -0.2) is 27.8 Å². The number of nitrogens with one attached hydrogen (secondary N) is 2. The summed E-state index contributed by atoms with van der Waals surface area (Å²) in [4.78, 5) is 46.3. The summed E-state index contributed by atoms with van der Waals surface area (Å²) in [6.07, 6.45) is 1.32. The van der Waals surface area contributed by atoms with Gasteiger partial charge in [-0.25, -0.2) is 14.7 Å². The first-order valence-electron chi connectivity index (χ1n) is 9.78. The van der Waals surface area contributed by atoms with Crippen LogP contribution in [0.2, 0.25) is 0 Å². The Balaban J connectivity index is 1.40. The number of nitrogens with zero attached hydrogens (tertiary/aromatic N) is 2. The molecule has 2 N–H and O–H groups in total. The van der Waals surface area contributed by atoms with Gasteiger partial charge in [-0.15, -0.1) is 0 Å². The standard InChI is InChI=1S/C23H15BrN4O4S/c1-12-2-8-17-18(10-12)26-22(25-17)33-19-9-7-15(32-19)11-16-20(29)27-23(31)28(21(16)30)14-5-3-13(24)4-6-14/h2-11H,1H3,(H,25,26)(H,27,29,31)/b16-11+. The van der Waals surface area contributed by atoms with Crippen LogP contribution in [0.4, 0.5) is 10.5 Å². The van der Waals surface area contributed by atoms with E-state index in [1.807, 2.05) is 25.1 Å². The van der Waals surface area contributed by atoms with Crippen molar-refractivity contribution in [1.29, 1.82) is 0 Å². The fraction of sp³-hybridized carbons (Fsp3) is 0.0435. The van der Waals surface area contributed by atoms with Crippen molar-refractivity contribution in [1.82, 2.24) is 15.3 Å². The maximum Gasteiger partial charge on any atom is 0.335 e. The van der Waals surface area contributed by atoms with E-state index in [1.165, 1.54) is 17.8 Å². The van der Waals surface area contributed by atoms with Crippen LogP contribution in [0.15, 0.2) is 79.3 Å². The first-order valence-corrected chi connectivity index (χ1v) is 11.4. The maximum absolute atomic E-state index is 13.0. The van der Waals surface area contributed by atoms with E-state index in [-0.39, 0.29) is 5.57 Å². The first-order chi connectivity index (χ1) is 15.9. The molecule has 33 heavy (non-hydrogen) atoms. The molecular formula is C23H15BrN4O4S. The van der Waals surface area contributed by atoms with E-state index in [2.05, 4.69) is 31.2 Å². The molecule has 8 nitrogen and oxygen atoms in total. The molecule has 0 bridgehead atoms. The van der Waals surface area contributed by atoms with Crippen molar-refractivity contribution in [3.63, 3.8) is 0 Å². The summed E-state index contributed by atoms with van der Waals surface area (Å²) in [5.41, 5.74) is 3.03. The lowest BCUT2D eigenvalue weighted by Gasteiger charge is -2.26. The Hall–Kier alpha value is -3.63. The number of aromatic nitrogens is 2. The number of amides is 4. The van der Waals surface area contributed by atoms with Gasteiger partial charge in [0.1, 0.15) is 11.3 Å². The van der Waals surface area contributed by atoms with Gasteiger partial charge in [0.15, 0.2) is 10.2 Å². The van der Waals surface area contributed by atoms with Gasteiger partial charge in [0.25, 0.3) is 11.8 Å². The summed E-state index contributed by atoms with van der Waals surface area (Å²) in [5.74, 6) is -1.21. The van der Waals surface area contributed by atoms with E-state index in [1.54, 1.807) is 36.4 Å². The highest BCUT2D eigenvalue weighted by molar-refractivity contribution is 9.10. The number of furan rings is 1. The fourth-order valence-electron chi connectivity index (χ4n) is 3.33. The predicted octanol–water partition coefficient (Wildman–Crippen LogP) is 5.04. The van der Waals surface area contributed by atoms with E-state index in [0.29, 0.717) is 21.7 Å². The maximum atomic E-state index is 13.0. The van der Waals surface area contributed by atoms with E-state index < -0.39 is 17.8 Å². The minimum Gasteiger partial charge on any atom is -0.450 e. The zero-order valence-corrected chi connectivity index (χ0v) is 19.5. The zero-order chi connectivity index (χ0) is 23.1. The monoisotopic (exact) mass is 522 g/mol. The average molecular weight is 523 g/mol. The summed E-state index contributed by atoms with van der Waals surface area (Å²) in [5, 5.41) is 3.38. The number of imidazole rings is 1. The van der Waals surface area contributed by atoms with Crippen LogP contribution in [0.1, 0.15) is 11.3 Å². The highest BCUT2D eigenvalue weighted by Crippen LogP contribution is 2.30. The van der Waals surface area contributed by atoms with Gasteiger partial charge in [0, 0.05) is 4.47 Å². The average Bonchev–Trinajstić information content (AvgIpc) is 3.38. The lowest BCUT2D eigenvalue weighted by Crippen LogP contribution is -2.54. The van der Waals surface area contributed by atoms with Crippen LogP contribution < -0.4 is 10.2 Å². The fourth-order valence-corrected chi connectivity index (χ4v) is 4.37. The molecule has 5 rings (SSSR count). The number of carbonyl (C=O) groups excluding carboxylic acids is 3. The van der Waals surface area contributed by atoms with Crippen LogP contribution >= 0.6 is 27.7 Å². The van der Waals surface area contributed by atoms with Crippen molar-refractivity contribution >= 4 is 68.3 Å². The lowest BCUT2D eigenvalue weighted by atomic mass is 10.1. The van der Waals surface area contributed by atoms with Gasteiger partial charge >= 0.3 is 6.03 Å². The van der Waals surface area contributed by atoms with Crippen LogP contribution in [-0.2, 0) is 9.59 Å². The van der Waals surface area contributed by atoms with Crippen LogP contribution in [0.5, 0.6) is 0 Å². The molecule has 164 valence electrons. The number of hydrogen-bond donors (Lipinski definition) is 2. The summed E-state index contributed by atoms with van der Waals surface area (Å²) < 4.78 is 6.57. The molecule has 3 heterocycles. The molecule has 2 aromatic carbocycles. The number of barbiturate groups is 1. The zero-order valence-electron chi connectivity index (χ0n) is 17.1. The number of urea groups is 1. The summed E-state index contributed by atoms with van der Waals surface area (Å²) in [6, 6.07) is 15.1.